The van der Waals surface area contributed by atoms with Gasteiger partial charge >= 0.3 is 0 Å². The normalized spacial score (nSPS) is 12.0. The van der Waals surface area contributed by atoms with Crippen molar-refractivity contribution in [2.75, 3.05) is 0 Å². The van der Waals surface area contributed by atoms with E-state index < -0.39 is 0 Å². The van der Waals surface area contributed by atoms with Crippen molar-refractivity contribution in [3.8, 4) is 5.69 Å². The van der Waals surface area contributed by atoms with Crippen molar-refractivity contribution >= 4 is 43.5 Å². The first kappa shape index (κ1) is 13.9. The van der Waals surface area contributed by atoms with Gasteiger partial charge in [-0.05, 0) is 54.3 Å². The number of aryl methyl sites for hydroxylation is 1. The summed E-state index contributed by atoms with van der Waals surface area (Å²) in [5.74, 6) is 0. The van der Waals surface area contributed by atoms with Crippen molar-refractivity contribution in [3.05, 3.63) is 84.6 Å². The van der Waals surface area contributed by atoms with Gasteiger partial charge in [0, 0.05) is 33.4 Å². The minimum atomic E-state index is 1.09. The monoisotopic (exact) mass is 332 g/mol. The van der Waals surface area contributed by atoms with Gasteiger partial charge in [-0.15, -0.1) is 0 Å². The first-order chi connectivity index (χ1) is 12.8. The maximum atomic E-state index is 4.74. The van der Waals surface area contributed by atoms with E-state index in [1.807, 2.05) is 12.3 Å². The highest BCUT2D eigenvalue weighted by molar-refractivity contribution is 6.33. The minimum Gasteiger partial charge on any atom is -0.309 e. The highest BCUT2D eigenvalue weighted by atomic mass is 15.0. The van der Waals surface area contributed by atoms with Gasteiger partial charge in [0.05, 0.1) is 16.6 Å². The first-order valence-electron chi connectivity index (χ1n) is 8.92. The lowest BCUT2D eigenvalue weighted by Crippen LogP contribution is -1.93. The standard InChI is InChI=1S/C24H16N2/c1-15-13-19-23-21(14-15)26(16-7-3-2-4-8-16)20-11-5-9-17(22(20)23)18-10-6-12-25-24(18)19/h2-14H,1H3. The van der Waals surface area contributed by atoms with Crippen molar-refractivity contribution in [2.45, 2.75) is 6.92 Å². The first-order valence-corrected chi connectivity index (χ1v) is 8.92. The Balaban J connectivity index is 2.01. The fraction of sp³-hybridized carbons (Fsp3) is 0.0417. The van der Waals surface area contributed by atoms with Crippen LogP contribution in [0.15, 0.2) is 79.0 Å². The minimum absolute atomic E-state index is 1.09. The Kier molecular flexibility index (Phi) is 2.57. The molecule has 6 rings (SSSR count). The predicted octanol–water partition coefficient (Wildman–Crippen LogP) is 6.23. The van der Waals surface area contributed by atoms with Crippen molar-refractivity contribution in [3.63, 3.8) is 0 Å². The van der Waals surface area contributed by atoms with E-state index in [2.05, 4.69) is 78.2 Å². The molecule has 0 amide bonds. The molecule has 122 valence electrons. The van der Waals surface area contributed by atoms with Crippen molar-refractivity contribution in [2.24, 2.45) is 0 Å². The van der Waals surface area contributed by atoms with Crippen LogP contribution in [0.3, 0.4) is 0 Å². The number of aromatic nitrogens is 2. The molecule has 0 saturated heterocycles. The molecule has 2 nitrogen and oxygen atoms in total. The van der Waals surface area contributed by atoms with E-state index in [4.69, 9.17) is 4.98 Å². The summed E-state index contributed by atoms with van der Waals surface area (Å²) in [7, 11) is 0. The van der Waals surface area contributed by atoms with E-state index in [1.54, 1.807) is 0 Å². The van der Waals surface area contributed by atoms with Crippen LogP contribution in [0.4, 0.5) is 0 Å². The van der Waals surface area contributed by atoms with E-state index in [0.29, 0.717) is 0 Å². The molecule has 0 N–H and O–H groups in total. The zero-order valence-electron chi connectivity index (χ0n) is 14.4. The maximum absolute atomic E-state index is 4.74. The summed E-state index contributed by atoms with van der Waals surface area (Å²) in [6.07, 6.45) is 1.90. The van der Waals surface area contributed by atoms with E-state index in [9.17, 15) is 0 Å². The number of fused-ring (bicyclic) bond motifs is 3. The number of pyridine rings is 1. The van der Waals surface area contributed by atoms with E-state index >= 15 is 0 Å². The molecule has 0 saturated carbocycles. The lowest BCUT2D eigenvalue weighted by atomic mass is 9.96. The highest BCUT2D eigenvalue weighted by Crippen LogP contribution is 2.43. The highest BCUT2D eigenvalue weighted by Gasteiger charge is 2.19. The number of hydrogen-bond donors (Lipinski definition) is 0. The van der Waals surface area contributed by atoms with Crippen LogP contribution in [0.1, 0.15) is 5.56 Å². The van der Waals surface area contributed by atoms with Gasteiger partial charge in [0.1, 0.15) is 0 Å². The molecule has 0 atom stereocenters. The summed E-state index contributed by atoms with van der Waals surface area (Å²) in [4.78, 5) is 4.74. The molecular weight excluding hydrogens is 316 g/mol. The van der Waals surface area contributed by atoms with E-state index in [1.165, 1.54) is 49.2 Å². The molecule has 2 heteroatoms. The summed E-state index contributed by atoms with van der Waals surface area (Å²) >= 11 is 0. The second-order valence-corrected chi connectivity index (χ2v) is 6.98. The maximum Gasteiger partial charge on any atom is 0.0787 e. The summed E-state index contributed by atoms with van der Waals surface area (Å²) in [6.45, 7) is 2.17. The van der Waals surface area contributed by atoms with Gasteiger partial charge in [-0.2, -0.15) is 0 Å². The number of nitrogens with zero attached hydrogens (tertiary/aromatic N) is 2. The van der Waals surface area contributed by atoms with Crippen LogP contribution in [0, 0.1) is 6.92 Å². The third-order valence-corrected chi connectivity index (χ3v) is 5.40. The van der Waals surface area contributed by atoms with Gasteiger partial charge in [-0.25, -0.2) is 0 Å². The Hall–Kier alpha value is -3.39. The molecule has 0 radical (unpaired) electrons. The van der Waals surface area contributed by atoms with Crippen LogP contribution in [-0.2, 0) is 0 Å². The molecule has 4 aromatic carbocycles. The molecule has 26 heavy (non-hydrogen) atoms. The molecule has 0 aliphatic heterocycles. The molecule has 6 aromatic rings. The topological polar surface area (TPSA) is 17.8 Å². The average Bonchev–Trinajstić information content (AvgIpc) is 3.02. The SMILES string of the molecule is Cc1cc2c3ncccc3c3cccc4c3c2c(c1)n4-c1ccccc1. The van der Waals surface area contributed by atoms with Crippen LogP contribution in [0.2, 0.25) is 0 Å². The van der Waals surface area contributed by atoms with Crippen LogP contribution in [-0.4, -0.2) is 9.55 Å². The molecule has 0 aliphatic rings. The number of rotatable bonds is 1. The summed E-state index contributed by atoms with van der Waals surface area (Å²) in [6, 6.07) is 26.0. The Morgan fingerprint density at radius 3 is 2.38 bits per heavy atom. The van der Waals surface area contributed by atoms with Gasteiger partial charge in [0.2, 0.25) is 0 Å². The van der Waals surface area contributed by atoms with Crippen LogP contribution >= 0.6 is 0 Å². The molecule has 0 unspecified atom stereocenters. The van der Waals surface area contributed by atoms with Crippen LogP contribution in [0.5, 0.6) is 0 Å². The largest absolute Gasteiger partial charge is 0.309 e. The summed E-state index contributed by atoms with van der Waals surface area (Å²) in [5, 5.41) is 6.40. The van der Waals surface area contributed by atoms with Gasteiger partial charge in [-0.1, -0.05) is 36.4 Å². The summed E-state index contributed by atoms with van der Waals surface area (Å²) in [5.41, 5.74) is 6.05. The third-order valence-electron chi connectivity index (χ3n) is 5.40. The van der Waals surface area contributed by atoms with Crippen molar-refractivity contribution < 1.29 is 0 Å². The average molecular weight is 332 g/mol. The zero-order chi connectivity index (χ0) is 17.3. The molecule has 0 aliphatic carbocycles. The van der Waals surface area contributed by atoms with Crippen molar-refractivity contribution in [1.29, 1.82) is 0 Å². The summed E-state index contributed by atoms with van der Waals surface area (Å²) < 4.78 is 2.39. The number of hydrogen-bond acceptors (Lipinski definition) is 1. The number of para-hydroxylation sites is 1. The molecular formula is C24H16N2. The molecule has 0 bridgehead atoms. The fourth-order valence-corrected chi connectivity index (χ4v) is 4.43. The van der Waals surface area contributed by atoms with Crippen LogP contribution < -0.4 is 0 Å². The molecule has 2 aromatic heterocycles. The van der Waals surface area contributed by atoms with Crippen LogP contribution in [0.25, 0.3) is 49.2 Å². The molecule has 2 heterocycles. The lowest BCUT2D eigenvalue weighted by molar-refractivity contribution is 1.18. The van der Waals surface area contributed by atoms with E-state index in [-0.39, 0.29) is 0 Å². The lowest BCUT2D eigenvalue weighted by Gasteiger charge is -2.08. The van der Waals surface area contributed by atoms with Gasteiger partial charge in [0.15, 0.2) is 0 Å². The van der Waals surface area contributed by atoms with Gasteiger partial charge in [0.25, 0.3) is 0 Å². The van der Waals surface area contributed by atoms with Gasteiger partial charge in [-0.3, -0.25) is 4.98 Å². The molecule has 0 fully saturated rings. The number of benzene rings is 4. The Bertz CT molecular complexity index is 1430. The second-order valence-electron chi connectivity index (χ2n) is 6.98. The second kappa shape index (κ2) is 4.83. The van der Waals surface area contributed by atoms with E-state index in [0.717, 1.165) is 5.52 Å². The zero-order valence-corrected chi connectivity index (χ0v) is 14.4. The fourth-order valence-electron chi connectivity index (χ4n) is 4.43. The Morgan fingerprint density at radius 2 is 1.50 bits per heavy atom. The quantitative estimate of drug-likeness (QED) is 0.326. The van der Waals surface area contributed by atoms with Gasteiger partial charge < -0.3 is 4.57 Å². The molecule has 0 spiro atoms. The Morgan fingerprint density at radius 1 is 0.692 bits per heavy atom. The third kappa shape index (κ3) is 1.64. The predicted molar refractivity (Wildman–Crippen MR) is 110 cm³/mol. The Labute approximate surface area is 150 Å². The van der Waals surface area contributed by atoms with Crippen molar-refractivity contribution in [1.82, 2.24) is 9.55 Å². The smallest absolute Gasteiger partial charge is 0.0787 e.